The van der Waals surface area contributed by atoms with E-state index in [1.165, 1.54) is 4.31 Å². The van der Waals surface area contributed by atoms with E-state index in [9.17, 15) is 13.2 Å². The van der Waals surface area contributed by atoms with Crippen LogP contribution in [0.5, 0.6) is 0 Å². The molecule has 0 spiro atoms. The van der Waals surface area contributed by atoms with E-state index in [0.717, 1.165) is 12.1 Å². The lowest BCUT2D eigenvalue weighted by atomic mass is 9.97. The van der Waals surface area contributed by atoms with Crippen LogP contribution in [-0.4, -0.2) is 50.9 Å². The number of carbonyl (C=O) groups excluding carboxylic acids is 1. The summed E-state index contributed by atoms with van der Waals surface area (Å²) in [6, 6.07) is 7.13. The smallest absolute Gasteiger partial charge is 0.243 e. The molecule has 0 bridgehead atoms. The lowest BCUT2D eigenvalue weighted by Crippen LogP contribution is -2.45. The summed E-state index contributed by atoms with van der Waals surface area (Å²) in [6.07, 6.45) is 1.12. The Labute approximate surface area is 151 Å². The minimum atomic E-state index is -3.47. The monoisotopic (exact) mass is 367 g/mol. The van der Waals surface area contributed by atoms with E-state index in [1.54, 1.807) is 24.3 Å². The van der Waals surface area contributed by atoms with Crippen LogP contribution >= 0.6 is 0 Å². The number of hydrogen-bond acceptors (Lipinski definition) is 4. The van der Waals surface area contributed by atoms with Crippen molar-refractivity contribution in [2.75, 3.05) is 26.2 Å². The van der Waals surface area contributed by atoms with Gasteiger partial charge in [0, 0.05) is 31.6 Å². The molecule has 1 amide bonds. The molecular formula is C18H29N3O3S. The fourth-order valence-corrected chi connectivity index (χ4v) is 4.51. The van der Waals surface area contributed by atoms with Gasteiger partial charge in [-0.25, -0.2) is 8.42 Å². The fraction of sp³-hybridized carbons (Fsp3) is 0.611. The summed E-state index contributed by atoms with van der Waals surface area (Å²) in [5, 5.41) is 6.21. The third-order valence-electron chi connectivity index (χ3n) is 4.62. The van der Waals surface area contributed by atoms with Crippen molar-refractivity contribution in [3.05, 3.63) is 29.8 Å². The number of amides is 1. The average Bonchev–Trinajstić information content (AvgIpc) is 2.60. The molecule has 0 aromatic heterocycles. The summed E-state index contributed by atoms with van der Waals surface area (Å²) in [6.45, 7) is 8.22. The maximum absolute atomic E-state index is 12.7. The molecule has 1 saturated heterocycles. The second-order valence-corrected chi connectivity index (χ2v) is 8.63. The highest BCUT2D eigenvalue weighted by molar-refractivity contribution is 7.89. The Bertz CT molecular complexity index is 665. The van der Waals surface area contributed by atoms with Crippen LogP contribution < -0.4 is 10.6 Å². The number of piperidine rings is 1. The van der Waals surface area contributed by atoms with Crippen molar-refractivity contribution in [2.24, 2.45) is 5.92 Å². The van der Waals surface area contributed by atoms with Crippen LogP contribution in [0.1, 0.15) is 32.3 Å². The second kappa shape index (κ2) is 8.78. The van der Waals surface area contributed by atoms with E-state index in [0.29, 0.717) is 37.4 Å². The summed E-state index contributed by atoms with van der Waals surface area (Å²) in [5.41, 5.74) is 1.03. The molecule has 140 valence electrons. The number of benzene rings is 1. The zero-order valence-electron chi connectivity index (χ0n) is 15.3. The molecule has 1 fully saturated rings. The predicted octanol–water partition coefficient (Wildman–Crippen LogP) is 1.51. The Balaban J connectivity index is 1.88. The normalized spacial score (nSPS) is 18.0. The molecule has 0 radical (unpaired) electrons. The topological polar surface area (TPSA) is 78.5 Å². The van der Waals surface area contributed by atoms with Crippen molar-refractivity contribution in [2.45, 2.75) is 44.6 Å². The molecule has 1 aromatic rings. The van der Waals surface area contributed by atoms with Crippen molar-refractivity contribution < 1.29 is 13.2 Å². The summed E-state index contributed by atoms with van der Waals surface area (Å²) < 4.78 is 26.8. The molecule has 25 heavy (non-hydrogen) atoms. The molecule has 7 heteroatoms. The lowest BCUT2D eigenvalue weighted by Gasteiger charge is -2.30. The fourth-order valence-electron chi connectivity index (χ4n) is 3.04. The lowest BCUT2D eigenvalue weighted by molar-refractivity contribution is -0.126. The Morgan fingerprint density at radius 2 is 1.84 bits per heavy atom. The van der Waals surface area contributed by atoms with Crippen LogP contribution in [-0.2, 0) is 14.8 Å². The highest BCUT2D eigenvalue weighted by Crippen LogP contribution is 2.24. The number of carbonyl (C=O) groups is 1. The number of hydrogen-bond donors (Lipinski definition) is 2. The third-order valence-corrected chi connectivity index (χ3v) is 6.53. The molecule has 0 unspecified atom stereocenters. The SMILES string of the molecule is CCN[C@H](C)CNC(=O)C1CCN(S(=O)(=O)c2ccc(C)cc2)CC1. The van der Waals surface area contributed by atoms with Gasteiger partial charge in [-0.05, 0) is 45.4 Å². The molecule has 2 N–H and O–H groups in total. The van der Waals surface area contributed by atoms with Gasteiger partial charge in [-0.15, -0.1) is 0 Å². The van der Waals surface area contributed by atoms with E-state index in [4.69, 9.17) is 0 Å². The highest BCUT2D eigenvalue weighted by Gasteiger charge is 2.32. The second-order valence-electron chi connectivity index (χ2n) is 6.70. The van der Waals surface area contributed by atoms with E-state index < -0.39 is 10.0 Å². The van der Waals surface area contributed by atoms with Gasteiger partial charge >= 0.3 is 0 Å². The van der Waals surface area contributed by atoms with Crippen molar-refractivity contribution in [1.29, 1.82) is 0 Å². The summed E-state index contributed by atoms with van der Waals surface area (Å²) >= 11 is 0. The minimum absolute atomic E-state index is 0.0251. The van der Waals surface area contributed by atoms with Crippen molar-refractivity contribution >= 4 is 15.9 Å². The molecular weight excluding hydrogens is 338 g/mol. The van der Waals surface area contributed by atoms with Crippen molar-refractivity contribution in [1.82, 2.24) is 14.9 Å². The van der Waals surface area contributed by atoms with Gasteiger partial charge in [-0.2, -0.15) is 4.31 Å². The highest BCUT2D eigenvalue weighted by atomic mass is 32.2. The number of sulfonamides is 1. The van der Waals surface area contributed by atoms with Gasteiger partial charge in [0.2, 0.25) is 15.9 Å². The Morgan fingerprint density at radius 3 is 2.40 bits per heavy atom. The van der Waals surface area contributed by atoms with Crippen molar-refractivity contribution in [3.8, 4) is 0 Å². The van der Waals surface area contributed by atoms with E-state index >= 15 is 0 Å². The number of rotatable bonds is 7. The Hall–Kier alpha value is -1.44. The summed E-state index contributed by atoms with van der Waals surface area (Å²) in [5.74, 6) is -0.0876. The number of nitrogens with one attached hydrogen (secondary N) is 2. The first-order valence-corrected chi connectivity index (χ1v) is 10.4. The quantitative estimate of drug-likeness (QED) is 0.766. The standard InChI is InChI=1S/C18H29N3O3S/c1-4-19-15(3)13-20-18(22)16-9-11-21(12-10-16)25(23,24)17-7-5-14(2)6-8-17/h5-8,15-16,19H,4,9-13H2,1-3H3,(H,20,22)/t15-/m1/s1. The predicted molar refractivity (Wildman–Crippen MR) is 98.8 cm³/mol. The zero-order valence-corrected chi connectivity index (χ0v) is 16.1. The van der Waals surface area contributed by atoms with Crippen molar-refractivity contribution in [3.63, 3.8) is 0 Å². The summed E-state index contributed by atoms with van der Waals surface area (Å²) in [7, 11) is -3.47. The maximum atomic E-state index is 12.7. The minimum Gasteiger partial charge on any atom is -0.354 e. The number of aryl methyl sites for hydroxylation is 1. The van der Waals surface area contributed by atoms with Crippen LogP contribution in [0.4, 0.5) is 0 Å². The van der Waals surface area contributed by atoms with Gasteiger partial charge < -0.3 is 10.6 Å². The van der Waals surface area contributed by atoms with Crippen LogP contribution in [0, 0.1) is 12.8 Å². The number of likely N-dealkylation sites (N-methyl/N-ethyl adjacent to an activating group) is 1. The van der Waals surface area contributed by atoms with Gasteiger partial charge in [0.25, 0.3) is 0 Å². The van der Waals surface area contributed by atoms with Gasteiger partial charge in [0.15, 0.2) is 0 Å². The molecule has 0 saturated carbocycles. The van der Waals surface area contributed by atoms with Crippen LogP contribution in [0.15, 0.2) is 29.2 Å². The van der Waals surface area contributed by atoms with Crippen LogP contribution in [0.2, 0.25) is 0 Å². The van der Waals surface area contributed by atoms with E-state index in [1.807, 2.05) is 20.8 Å². The van der Waals surface area contributed by atoms with Gasteiger partial charge in [-0.1, -0.05) is 24.6 Å². The Kier molecular flexibility index (Phi) is 6.98. The average molecular weight is 368 g/mol. The third kappa shape index (κ3) is 5.26. The van der Waals surface area contributed by atoms with Crippen LogP contribution in [0.25, 0.3) is 0 Å². The Morgan fingerprint density at radius 1 is 1.24 bits per heavy atom. The molecule has 1 aromatic carbocycles. The zero-order chi connectivity index (χ0) is 18.4. The summed E-state index contributed by atoms with van der Waals surface area (Å²) in [4.78, 5) is 12.6. The molecule has 1 atom stereocenters. The first-order chi connectivity index (χ1) is 11.8. The van der Waals surface area contributed by atoms with E-state index in [2.05, 4.69) is 10.6 Å². The molecule has 0 aliphatic carbocycles. The molecule has 1 heterocycles. The van der Waals surface area contributed by atoms with Gasteiger partial charge in [0.05, 0.1) is 4.90 Å². The first-order valence-electron chi connectivity index (χ1n) is 8.92. The van der Waals surface area contributed by atoms with E-state index in [-0.39, 0.29) is 17.9 Å². The molecule has 6 nitrogen and oxygen atoms in total. The largest absolute Gasteiger partial charge is 0.354 e. The molecule has 2 rings (SSSR count). The first kappa shape index (κ1) is 19.9. The molecule has 1 aliphatic heterocycles. The van der Waals surface area contributed by atoms with Crippen LogP contribution in [0.3, 0.4) is 0 Å². The van der Waals surface area contributed by atoms with Gasteiger partial charge in [-0.3, -0.25) is 4.79 Å². The van der Waals surface area contributed by atoms with Gasteiger partial charge in [0.1, 0.15) is 0 Å². The maximum Gasteiger partial charge on any atom is 0.243 e. The molecule has 1 aliphatic rings. The number of nitrogens with zero attached hydrogens (tertiary/aromatic N) is 1.